The maximum Gasteiger partial charge on any atom is 0.336 e. The standard InChI is InChI=1S/C17H15N3O2/c18-17-19-9-8-13(20-17)6-4-11-5-7-14-12(10-11)2-1-3-15(14)16(21)22/h1-3,5,7-10H,4,6H2,(H,21,22)(H2,18,19,20). The van der Waals surface area contributed by atoms with Gasteiger partial charge in [0.25, 0.3) is 0 Å². The van der Waals surface area contributed by atoms with Gasteiger partial charge in [0.1, 0.15) is 0 Å². The van der Waals surface area contributed by atoms with Crippen LogP contribution < -0.4 is 5.73 Å². The fourth-order valence-corrected chi connectivity index (χ4v) is 2.50. The fraction of sp³-hybridized carbons (Fsp3) is 0.118. The molecular weight excluding hydrogens is 278 g/mol. The van der Waals surface area contributed by atoms with E-state index in [2.05, 4.69) is 9.97 Å². The molecule has 3 rings (SSSR count). The molecule has 0 amide bonds. The number of hydrogen-bond donors (Lipinski definition) is 2. The van der Waals surface area contributed by atoms with Crippen LogP contribution in [0.5, 0.6) is 0 Å². The van der Waals surface area contributed by atoms with Crippen LogP contribution >= 0.6 is 0 Å². The second kappa shape index (κ2) is 5.81. The number of nitrogens with zero attached hydrogens (tertiary/aromatic N) is 2. The van der Waals surface area contributed by atoms with Crippen molar-refractivity contribution >= 4 is 22.7 Å². The first kappa shape index (κ1) is 14.0. The third-order valence-corrected chi connectivity index (χ3v) is 3.58. The Morgan fingerprint density at radius 3 is 2.77 bits per heavy atom. The molecule has 0 aliphatic heterocycles. The van der Waals surface area contributed by atoms with Crippen molar-refractivity contribution in [2.24, 2.45) is 0 Å². The van der Waals surface area contributed by atoms with Gasteiger partial charge in [0.15, 0.2) is 0 Å². The quantitative estimate of drug-likeness (QED) is 0.772. The summed E-state index contributed by atoms with van der Waals surface area (Å²) in [6.07, 6.45) is 3.22. The highest BCUT2D eigenvalue weighted by Crippen LogP contribution is 2.21. The molecule has 3 aromatic rings. The normalized spacial score (nSPS) is 10.7. The molecule has 110 valence electrons. The molecule has 1 aromatic heterocycles. The molecule has 0 aliphatic carbocycles. The van der Waals surface area contributed by atoms with Gasteiger partial charge in [-0.1, -0.05) is 30.3 Å². The van der Waals surface area contributed by atoms with Crippen LogP contribution in [0.1, 0.15) is 21.6 Å². The predicted octanol–water partition coefficient (Wildman–Crippen LogP) is 2.70. The Bertz CT molecular complexity index is 846. The van der Waals surface area contributed by atoms with Crippen LogP contribution in [0.25, 0.3) is 10.8 Å². The number of carboxylic acids is 1. The summed E-state index contributed by atoms with van der Waals surface area (Å²) in [5, 5.41) is 10.9. The molecule has 0 atom stereocenters. The second-order valence-corrected chi connectivity index (χ2v) is 5.07. The van der Waals surface area contributed by atoms with E-state index in [9.17, 15) is 9.90 Å². The molecule has 5 nitrogen and oxygen atoms in total. The van der Waals surface area contributed by atoms with Crippen molar-refractivity contribution in [3.05, 3.63) is 65.5 Å². The third-order valence-electron chi connectivity index (χ3n) is 3.58. The monoisotopic (exact) mass is 293 g/mol. The number of nitrogen functional groups attached to an aromatic ring is 1. The van der Waals surface area contributed by atoms with E-state index in [1.54, 1.807) is 18.3 Å². The molecule has 2 aromatic carbocycles. The van der Waals surface area contributed by atoms with Gasteiger partial charge in [-0.25, -0.2) is 14.8 Å². The van der Waals surface area contributed by atoms with E-state index in [4.69, 9.17) is 5.73 Å². The summed E-state index contributed by atoms with van der Waals surface area (Å²) >= 11 is 0. The highest BCUT2D eigenvalue weighted by molar-refractivity contribution is 6.03. The summed E-state index contributed by atoms with van der Waals surface area (Å²) in [7, 11) is 0. The zero-order chi connectivity index (χ0) is 15.5. The van der Waals surface area contributed by atoms with Crippen molar-refractivity contribution < 1.29 is 9.90 Å². The molecule has 1 heterocycles. The van der Waals surface area contributed by atoms with E-state index in [1.165, 1.54) is 0 Å². The third kappa shape index (κ3) is 2.88. The molecule has 0 unspecified atom stereocenters. The number of aryl methyl sites for hydroxylation is 2. The summed E-state index contributed by atoms with van der Waals surface area (Å²) < 4.78 is 0. The van der Waals surface area contributed by atoms with Gasteiger partial charge in [-0.3, -0.25) is 0 Å². The number of fused-ring (bicyclic) bond motifs is 1. The zero-order valence-electron chi connectivity index (χ0n) is 11.9. The summed E-state index contributed by atoms with van der Waals surface area (Å²) in [5.74, 6) is -0.628. The van der Waals surface area contributed by atoms with E-state index in [-0.39, 0.29) is 5.95 Å². The van der Waals surface area contributed by atoms with Crippen LogP contribution in [-0.4, -0.2) is 21.0 Å². The van der Waals surface area contributed by atoms with Crippen molar-refractivity contribution in [3.8, 4) is 0 Å². The van der Waals surface area contributed by atoms with Crippen molar-refractivity contribution in [2.75, 3.05) is 5.73 Å². The maximum absolute atomic E-state index is 11.2. The molecule has 0 saturated carbocycles. The van der Waals surface area contributed by atoms with Crippen molar-refractivity contribution in [2.45, 2.75) is 12.8 Å². The van der Waals surface area contributed by atoms with Crippen molar-refractivity contribution in [1.82, 2.24) is 9.97 Å². The van der Waals surface area contributed by atoms with Gasteiger partial charge in [-0.2, -0.15) is 0 Å². The Labute approximate surface area is 127 Å². The predicted molar refractivity (Wildman–Crippen MR) is 84.8 cm³/mol. The molecule has 0 fully saturated rings. The molecule has 0 bridgehead atoms. The Morgan fingerprint density at radius 1 is 1.14 bits per heavy atom. The first-order valence-corrected chi connectivity index (χ1v) is 6.96. The molecule has 3 N–H and O–H groups in total. The van der Waals surface area contributed by atoms with E-state index in [1.807, 2.05) is 30.3 Å². The Balaban J connectivity index is 1.85. The first-order valence-electron chi connectivity index (χ1n) is 6.96. The van der Waals surface area contributed by atoms with Crippen molar-refractivity contribution in [3.63, 3.8) is 0 Å². The lowest BCUT2D eigenvalue weighted by Gasteiger charge is -2.06. The number of nitrogens with two attached hydrogens (primary N) is 1. The van der Waals surface area contributed by atoms with Gasteiger partial charge in [0.05, 0.1) is 5.56 Å². The van der Waals surface area contributed by atoms with Gasteiger partial charge in [-0.05, 0) is 41.3 Å². The van der Waals surface area contributed by atoms with E-state index in [0.29, 0.717) is 5.56 Å². The Morgan fingerprint density at radius 2 is 2.00 bits per heavy atom. The van der Waals surface area contributed by atoms with E-state index in [0.717, 1.165) is 34.9 Å². The fourth-order valence-electron chi connectivity index (χ4n) is 2.50. The number of anilines is 1. The van der Waals surface area contributed by atoms with Crippen LogP contribution in [0.3, 0.4) is 0 Å². The number of benzene rings is 2. The molecule has 0 aliphatic rings. The van der Waals surface area contributed by atoms with Crippen molar-refractivity contribution in [1.29, 1.82) is 0 Å². The largest absolute Gasteiger partial charge is 0.478 e. The van der Waals surface area contributed by atoms with Crippen LogP contribution in [0, 0.1) is 0 Å². The number of aromatic carboxylic acids is 1. The minimum absolute atomic E-state index is 0.280. The molecule has 22 heavy (non-hydrogen) atoms. The van der Waals surface area contributed by atoms with Crippen LogP contribution in [0.2, 0.25) is 0 Å². The lowest BCUT2D eigenvalue weighted by atomic mass is 10.00. The lowest BCUT2D eigenvalue weighted by molar-refractivity contribution is 0.0699. The minimum atomic E-state index is -0.908. The van der Waals surface area contributed by atoms with Crippen LogP contribution in [-0.2, 0) is 12.8 Å². The van der Waals surface area contributed by atoms with Gasteiger partial charge < -0.3 is 10.8 Å². The smallest absolute Gasteiger partial charge is 0.336 e. The summed E-state index contributed by atoms with van der Waals surface area (Å²) in [6, 6.07) is 13.0. The molecule has 0 spiro atoms. The van der Waals surface area contributed by atoms with Crippen LogP contribution in [0.4, 0.5) is 5.95 Å². The summed E-state index contributed by atoms with van der Waals surface area (Å²) in [4.78, 5) is 19.3. The maximum atomic E-state index is 11.2. The zero-order valence-corrected chi connectivity index (χ0v) is 11.9. The lowest BCUT2D eigenvalue weighted by Crippen LogP contribution is -2.00. The number of hydrogen-bond acceptors (Lipinski definition) is 4. The highest BCUT2D eigenvalue weighted by Gasteiger charge is 2.08. The average molecular weight is 293 g/mol. The topological polar surface area (TPSA) is 89.1 Å². The first-order chi connectivity index (χ1) is 10.6. The Hall–Kier alpha value is -2.95. The van der Waals surface area contributed by atoms with E-state index < -0.39 is 5.97 Å². The molecule has 0 saturated heterocycles. The summed E-state index contributed by atoms with van der Waals surface area (Å²) in [5.41, 5.74) is 7.92. The number of rotatable bonds is 4. The van der Waals surface area contributed by atoms with Gasteiger partial charge in [0.2, 0.25) is 5.95 Å². The SMILES string of the molecule is Nc1nccc(CCc2ccc3c(C(=O)O)cccc3c2)n1. The second-order valence-electron chi connectivity index (χ2n) is 5.07. The van der Waals surface area contributed by atoms with Crippen LogP contribution in [0.15, 0.2) is 48.7 Å². The minimum Gasteiger partial charge on any atom is -0.478 e. The van der Waals surface area contributed by atoms with Gasteiger partial charge in [-0.15, -0.1) is 0 Å². The number of carbonyl (C=O) groups is 1. The van der Waals surface area contributed by atoms with E-state index >= 15 is 0 Å². The Kier molecular flexibility index (Phi) is 3.70. The average Bonchev–Trinajstić information content (AvgIpc) is 2.52. The van der Waals surface area contributed by atoms with Gasteiger partial charge in [0, 0.05) is 11.9 Å². The number of carboxylic acid groups (broad SMARTS) is 1. The highest BCUT2D eigenvalue weighted by atomic mass is 16.4. The molecular formula is C17H15N3O2. The molecule has 0 radical (unpaired) electrons. The number of aromatic nitrogens is 2. The van der Waals surface area contributed by atoms with Gasteiger partial charge >= 0.3 is 5.97 Å². The molecule has 5 heteroatoms. The summed E-state index contributed by atoms with van der Waals surface area (Å²) in [6.45, 7) is 0.